The van der Waals surface area contributed by atoms with Crippen molar-refractivity contribution in [3.05, 3.63) is 18.5 Å². The van der Waals surface area contributed by atoms with Gasteiger partial charge in [-0.05, 0) is 25.3 Å². The first-order valence-corrected chi connectivity index (χ1v) is 6.87. The predicted octanol–water partition coefficient (Wildman–Crippen LogP) is 1.79. The second-order valence-corrected chi connectivity index (χ2v) is 6.23. The smallest absolute Gasteiger partial charge is 0.356 e. The van der Waals surface area contributed by atoms with E-state index >= 15 is 0 Å². The van der Waals surface area contributed by atoms with Gasteiger partial charge in [-0.15, -0.1) is 0 Å². The van der Waals surface area contributed by atoms with Crippen LogP contribution in [-0.4, -0.2) is 24.7 Å². The number of aromatic nitrogens is 1. The summed E-state index contributed by atoms with van der Waals surface area (Å²) < 4.78 is 65.7. The third-order valence-electron chi connectivity index (χ3n) is 3.19. The standard InChI is InChI=1S/C10H13F3N2O2S/c1-15-6-3-8(7-15)18(16,17)14-9(4-2-5-9)10(11,12)13/h3,6-7,14H,2,4-5H2,1H3. The van der Waals surface area contributed by atoms with Gasteiger partial charge in [0.05, 0.1) is 4.90 Å². The van der Waals surface area contributed by atoms with Gasteiger partial charge in [0.2, 0.25) is 10.0 Å². The zero-order valence-corrected chi connectivity index (χ0v) is 10.5. The Morgan fingerprint density at radius 1 is 1.39 bits per heavy atom. The van der Waals surface area contributed by atoms with Crippen molar-refractivity contribution in [1.82, 2.24) is 9.29 Å². The first-order chi connectivity index (χ1) is 8.16. The van der Waals surface area contributed by atoms with Crippen molar-refractivity contribution >= 4 is 10.0 Å². The lowest BCUT2D eigenvalue weighted by atomic mass is 9.77. The first-order valence-electron chi connectivity index (χ1n) is 5.39. The molecule has 0 radical (unpaired) electrons. The SMILES string of the molecule is Cn1ccc(S(=O)(=O)NC2(C(F)(F)F)CCC2)c1. The summed E-state index contributed by atoms with van der Waals surface area (Å²) >= 11 is 0. The van der Waals surface area contributed by atoms with Gasteiger partial charge in [-0.25, -0.2) is 8.42 Å². The number of rotatable bonds is 3. The van der Waals surface area contributed by atoms with Crippen molar-refractivity contribution in [3.8, 4) is 0 Å². The van der Waals surface area contributed by atoms with Gasteiger partial charge in [0.15, 0.2) is 0 Å². The largest absolute Gasteiger partial charge is 0.407 e. The molecule has 1 heterocycles. The third-order valence-corrected chi connectivity index (χ3v) is 4.72. The Hall–Kier alpha value is -1.02. The van der Waals surface area contributed by atoms with E-state index < -0.39 is 21.7 Å². The highest BCUT2D eigenvalue weighted by atomic mass is 32.2. The molecule has 1 fully saturated rings. The lowest BCUT2D eigenvalue weighted by molar-refractivity contribution is -0.212. The van der Waals surface area contributed by atoms with Crippen LogP contribution in [0.3, 0.4) is 0 Å². The molecule has 0 amide bonds. The average molecular weight is 282 g/mol. The maximum absolute atomic E-state index is 12.9. The Labute approximate surface area is 103 Å². The Morgan fingerprint density at radius 2 is 2.00 bits per heavy atom. The van der Waals surface area contributed by atoms with E-state index in [0.717, 1.165) is 0 Å². The fraction of sp³-hybridized carbons (Fsp3) is 0.600. The van der Waals surface area contributed by atoms with Gasteiger partial charge in [0.1, 0.15) is 5.54 Å². The third kappa shape index (κ3) is 2.14. The topological polar surface area (TPSA) is 51.1 Å². The zero-order chi connectivity index (χ0) is 13.6. The minimum Gasteiger partial charge on any atom is -0.356 e. The summed E-state index contributed by atoms with van der Waals surface area (Å²) in [6.07, 6.45) is -1.87. The molecule has 0 atom stereocenters. The van der Waals surface area contributed by atoms with Gasteiger partial charge >= 0.3 is 6.18 Å². The fourth-order valence-electron chi connectivity index (χ4n) is 1.93. The molecular formula is C10H13F3N2O2S. The minimum atomic E-state index is -4.56. The molecule has 0 bridgehead atoms. The summed E-state index contributed by atoms with van der Waals surface area (Å²) in [6, 6.07) is 1.27. The number of nitrogens with zero attached hydrogens (tertiary/aromatic N) is 1. The number of hydrogen-bond donors (Lipinski definition) is 1. The number of aryl methyl sites for hydroxylation is 1. The first kappa shape index (κ1) is 13.4. The normalized spacial score (nSPS) is 19.6. The lowest BCUT2D eigenvalue weighted by Crippen LogP contribution is -2.62. The van der Waals surface area contributed by atoms with E-state index in [1.807, 2.05) is 4.72 Å². The number of halogens is 3. The number of alkyl halides is 3. The molecule has 1 aromatic heterocycles. The maximum Gasteiger partial charge on any atom is 0.407 e. The number of hydrogen-bond acceptors (Lipinski definition) is 2. The van der Waals surface area contributed by atoms with Crippen molar-refractivity contribution in [3.63, 3.8) is 0 Å². The van der Waals surface area contributed by atoms with Crippen LogP contribution in [0.2, 0.25) is 0 Å². The zero-order valence-electron chi connectivity index (χ0n) is 9.66. The van der Waals surface area contributed by atoms with Crippen LogP contribution < -0.4 is 4.72 Å². The van der Waals surface area contributed by atoms with E-state index in [1.165, 1.54) is 23.0 Å². The van der Waals surface area contributed by atoms with Crippen LogP contribution in [0.4, 0.5) is 13.2 Å². The Balaban J connectivity index is 2.28. The molecule has 1 N–H and O–H groups in total. The van der Waals surface area contributed by atoms with Gasteiger partial charge in [-0.1, -0.05) is 0 Å². The molecule has 4 nitrogen and oxygen atoms in total. The van der Waals surface area contributed by atoms with Crippen molar-refractivity contribution in [2.45, 2.75) is 35.9 Å². The molecule has 8 heteroatoms. The van der Waals surface area contributed by atoms with Crippen molar-refractivity contribution in [1.29, 1.82) is 0 Å². The summed E-state index contributed by atoms with van der Waals surface area (Å²) in [6.45, 7) is 0. The van der Waals surface area contributed by atoms with Crippen LogP contribution in [-0.2, 0) is 17.1 Å². The molecule has 0 spiro atoms. The number of nitrogens with one attached hydrogen (secondary N) is 1. The quantitative estimate of drug-likeness (QED) is 0.919. The van der Waals surface area contributed by atoms with Crippen LogP contribution in [0.5, 0.6) is 0 Å². The lowest BCUT2D eigenvalue weighted by Gasteiger charge is -2.43. The van der Waals surface area contributed by atoms with Crippen LogP contribution in [0.1, 0.15) is 19.3 Å². The molecule has 1 aliphatic rings. The number of sulfonamides is 1. The predicted molar refractivity (Wildman–Crippen MR) is 58.4 cm³/mol. The highest BCUT2D eigenvalue weighted by Gasteiger charge is 2.60. The van der Waals surface area contributed by atoms with Gasteiger partial charge < -0.3 is 4.57 Å². The Morgan fingerprint density at radius 3 is 2.33 bits per heavy atom. The molecular weight excluding hydrogens is 269 g/mol. The molecule has 0 aromatic carbocycles. The fourth-order valence-corrected chi connectivity index (χ4v) is 3.42. The van der Waals surface area contributed by atoms with E-state index in [4.69, 9.17) is 0 Å². The molecule has 102 valence electrons. The highest BCUT2D eigenvalue weighted by molar-refractivity contribution is 7.89. The molecule has 2 rings (SSSR count). The van der Waals surface area contributed by atoms with Crippen molar-refractivity contribution < 1.29 is 21.6 Å². The van der Waals surface area contributed by atoms with E-state index in [1.54, 1.807) is 7.05 Å². The second-order valence-electron chi connectivity index (χ2n) is 4.55. The average Bonchev–Trinajstić information content (AvgIpc) is 2.57. The van der Waals surface area contributed by atoms with Gasteiger partial charge in [-0.3, -0.25) is 0 Å². The summed E-state index contributed by atoms with van der Waals surface area (Å²) in [5, 5.41) is 0. The van der Waals surface area contributed by atoms with E-state index in [2.05, 4.69) is 0 Å². The van der Waals surface area contributed by atoms with E-state index in [0.29, 0.717) is 6.42 Å². The van der Waals surface area contributed by atoms with Gasteiger partial charge in [0, 0.05) is 19.4 Å². The molecule has 0 saturated heterocycles. The van der Waals surface area contributed by atoms with Gasteiger partial charge in [-0.2, -0.15) is 17.9 Å². The summed E-state index contributed by atoms with van der Waals surface area (Å²) in [4.78, 5) is -0.152. The monoisotopic (exact) mass is 282 g/mol. The van der Waals surface area contributed by atoms with E-state index in [-0.39, 0.29) is 17.7 Å². The molecule has 18 heavy (non-hydrogen) atoms. The molecule has 1 aromatic rings. The summed E-state index contributed by atoms with van der Waals surface area (Å²) in [5.74, 6) is 0. The molecule has 0 aliphatic heterocycles. The summed E-state index contributed by atoms with van der Waals surface area (Å²) in [5.41, 5.74) is -2.29. The van der Waals surface area contributed by atoms with Crippen molar-refractivity contribution in [2.24, 2.45) is 7.05 Å². The maximum atomic E-state index is 12.9. The van der Waals surface area contributed by atoms with Crippen LogP contribution >= 0.6 is 0 Å². The van der Waals surface area contributed by atoms with Crippen molar-refractivity contribution in [2.75, 3.05) is 0 Å². The van der Waals surface area contributed by atoms with E-state index in [9.17, 15) is 21.6 Å². The Kier molecular flexibility index (Phi) is 2.97. The molecule has 0 unspecified atom stereocenters. The second kappa shape index (κ2) is 3.99. The Bertz CT molecular complexity index is 544. The van der Waals surface area contributed by atoms with Gasteiger partial charge in [0.25, 0.3) is 0 Å². The molecule has 1 saturated carbocycles. The van der Waals surface area contributed by atoms with Crippen LogP contribution in [0.15, 0.2) is 23.4 Å². The van der Waals surface area contributed by atoms with Crippen LogP contribution in [0, 0.1) is 0 Å². The summed E-state index contributed by atoms with van der Waals surface area (Å²) in [7, 11) is -2.53. The minimum absolute atomic E-state index is 0.152. The highest BCUT2D eigenvalue weighted by Crippen LogP contribution is 2.45. The van der Waals surface area contributed by atoms with Crippen LogP contribution in [0.25, 0.3) is 0 Å². The molecule has 1 aliphatic carbocycles.